The summed E-state index contributed by atoms with van der Waals surface area (Å²) in [7, 11) is 0. The summed E-state index contributed by atoms with van der Waals surface area (Å²) in [5.41, 5.74) is 3.56. The first-order chi connectivity index (χ1) is 11.3. The highest BCUT2D eigenvalue weighted by Crippen LogP contribution is 2.28. The van der Waals surface area contributed by atoms with E-state index in [2.05, 4.69) is 6.07 Å². The summed E-state index contributed by atoms with van der Waals surface area (Å²) in [6.07, 6.45) is 0. The van der Waals surface area contributed by atoms with Crippen LogP contribution < -0.4 is 4.74 Å². The smallest absolute Gasteiger partial charge is 0.120 e. The first-order valence-electron chi connectivity index (χ1n) is 7.23. The first-order valence-corrected chi connectivity index (χ1v) is 7.61. The summed E-state index contributed by atoms with van der Waals surface area (Å²) in [6.45, 7) is 0.526. The van der Waals surface area contributed by atoms with E-state index in [1.54, 1.807) is 12.1 Å². The average Bonchev–Trinajstić information content (AvgIpc) is 2.61. The van der Waals surface area contributed by atoms with Crippen LogP contribution in [0.5, 0.6) is 5.75 Å². The van der Waals surface area contributed by atoms with E-state index in [4.69, 9.17) is 21.6 Å². The van der Waals surface area contributed by atoms with Gasteiger partial charge in [0, 0.05) is 0 Å². The Labute approximate surface area is 140 Å². The number of benzene rings is 3. The normalized spacial score (nSPS) is 10.1. The second kappa shape index (κ2) is 7.00. The van der Waals surface area contributed by atoms with E-state index in [9.17, 15) is 0 Å². The molecule has 3 aromatic carbocycles. The molecule has 0 fully saturated rings. The lowest BCUT2D eigenvalue weighted by molar-refractivity contribution is 0.306. The van der Waals surface area contributed by atoms with E-state index in [0.29, 0.717) is 17.2 Å². The minimum atomic E-state index is 0.459. The second-order valence-electron chi connectivity index (χ2n) is 5.11. The van der Waals surface area contributed by atoms with Crippen LogP contribution in [0.2, 0.25) is 5.02 Å². The van der Waals surface area contributed by atoms with Gasteiger partial charge in [-0.2, -0.15) is 5.26 Å². The predicted octanol–water partition coefficient (Wildman–Crippen LogP) is 5.46. The fourth-order valence-electron chi connectivity index (χ4n) is 2.29. The fourth-order valence-corrected chi connectivity index (χ4v) is 2.51. The Morgan fingerprint density at radius 2 is 1.65 bits per heavy atom. The van der Waals surface area contributed by atoms with Crippen LogP contribution in [0.4, 0.5) is 0 Å². The van der Waals surface area contributed by atoms with Gasteiger partial charge in [0.05, 0.1) is 10.6 Å². The Kier molecular flexibility index (Phi) is 4.61. The second-order valence-corrected chi connectivity index (χ2v) is 5.52. The molecule has 0 N–H and O–H groups in total. The van der Waals surface area contributed by atoms with Crippen molar-refractivity contribution in [3.63, 3.8) is 0 Å². The maximum Gasteiger partial charge on any atom is 0.120 e. The van der Waals surface area contributed by atoms with E-state index < -0.39 is 0 Å². The van der Waals surface area contributed by atoms with Gasteiger partial charge in [-0.05, 0) is 41.0 Å². The Bertz CT molecular complexity index is 853. The lowest BCUT2D eigenvalue weighted by Crippen LogP contribution is -1.95. The van der Waals surface area contributed by atoms with E-state index >= 15 is 0 Å². The molecule has 3 aromatic rings. The van der Waals surface area contributed by atoms with Crippen LogP contribution in [0.3, 0.4) is 0 Å². The first kappa shape index (κ1) is 15.1. The molecule has 3 rings (SSSR count). The van der Waals surface area contributed by atoms with Crippen molar-refractivity contribution >= 4 is 11.6 Å². The molecular formula is C20H14ClNO. The molecule has 0 atom stereocenters. The van der Waals surface area contributed by atoms with Crippen molar-refractivity contribution in [2.45, 2.75) is 6.61 Å². The number of hydrogen-bond acceptors (Lipinski definition) is 2. The summed E-state index contributed by atoms with van der Waals surface area (Å²) in [6, 6.07) is 25.4. The van der Waals surface area contributed by atoms with Crippen LogP contribution >= 0.6 is 11.6 Å². The number of nitriles is 1. The van der Waals surface area contributed by atoms with Crippen LogP contribution in [-0.4, -0.2) is 0 Å². The summed E-state index contributed by atoms with van der Waals surface area (Å²) < 4.78 is 5.84. The van der Waals surface area contributed by atoms with Gasteiger partial charge >= 0.3 is 0 Å². The SMILES string of the molecule is N#Cc1ccc(-c2cccc(OCc3ccccc3)c2)cc1Cl. The van der Waals surface area contributed by atoms with Crippen molar-refractivity contribution in [1.29, 1.82) is 5.26 Å². The van der Waals surface area contributed by atoms with E-state index in [1.165, 1.54) is 0 Å². The molecule has 0 saturated carbocycles. The highest BCUT2D eigenvalue weighted by Gasteiger charge is 2.05. The Morgan fingerprint density at radius 1 is 0.870 bits per heavy atom. The third kappa shape index (κ3) is 3.71. The van der Waals surface area contributed by atoms with Crippen LogP contribution in [0.15, 0.2) is 72.8 Å². The molecule has 0 heterocycles. The summed E-state index contributed by atoms with van der Waals surface area (Å²) in [5, 5.41) is 9.41. The van der Waals surface area contributed by atoms with Crippen molar-refractivity contribution in [3.8, 4) is 22.9 Å². The molecule has 23 heavy (non-hydrogen) atoms. The highest BCUT2D eigenvalue weighted by molar-refractivity contribution is 6.32. The molecular weight excluding hydrogens is 306 g/mol. The summed E-state index contributed by atoms with van der Waals surface area (Å²) >= 11 is 6.11. The quantitative estimate of drug-likeness (QED) is 0.640. The molecule has 0 radical (unpaired) electrons. The van der Waals surface area contributed by atoms with Gasteiger partial charge in [0.2, 0.25) is 0 Å². The summed E-state index contributed by atoms with van der Waals surface area (Å²) in [5.74, 6) is 0.798. The minimum Gasteiger partial charge on any atom is -0.489 e. The van der Waals surface area contributed by atoms with Gasteiger partial charge in [-0.15, -0.1) is 0 Å². The van der Waals surface area contributed by atoms with Crippen molar-refractivity contribution in [1.82, 2.24) is 0 Å². The molecule has 0 spiro atoms. The van der Waals surface area contributed by atoms with Gasteiger partial charge in [-0.3, -0.25) is 0 Å². The molecule has 0 bridgehead atoms. The number of nitrogens with zero attached hydrogens (tertiary/aromatic N) is 1. The molecule has 0 aliphatic carbocycles. The predicted molar refractivity (Wildman–Crippen MR) is 92.4 cm³/mol. The Hall–Kier alpha value is -2.76. The fraction of sp³-hybridized carbons (Fsp3) is 0.0500. The maximum atomic E-state index is 8.95. The lowest BCUT2D eigenvalue weighted by atomic mass is 10.0. The molecule has 0 amide bonds. The van der Waals surface area contributed by atoms with Crippen LogP contribution in [-0.2, 0) is 6.61 Å². The van der Waals surface area contributed by atoms with Crippen molar-refractivity contribution in [2.75, 3.05) is 0 Å². The largest absolute Gasteiger partial charge is 0.489 e. The molecule has 0 aliphatic rings. The zero-order valence-corrected chi connectivity index (χ0v) is 13.1. The Balaban J connectivity index is 1.80. The summed E-state index contributed by atoms with van der Waals surface area (Å²) in [4.78, 5) is 0. The molecule has 2 nitrogen and oxygen atoms in total. The molecule has 0 unspecified atom stereocenters. The number of ether oxygens (including phenoxy) is 1. The van der Waals surface area contributed by atoms with Crippen LogP contribution in [0, 0.1) is 11.3 Å². The van der Waals surface area contributed by atoms with Crippen LogP contribution in [0.25, 0.3) is 11.1 Å². The standard InChI is InChI=1S/C20H14ClNO/c21-20-12-17(9-10-18(20)13-22)16-7-4-8-19(11-16)23-14-15-5-2-1-3-6-15/h1-12H,14H2. The Morgan fingerprint density at radius 3 is 2.39 bits per heavy atom. The monoisotopic (exact) mass is 319 g/mol. The topological polar surface area (TPSA) is 33.0 Å². The maximum absolute atomic E-state index is 8.95. The average molecular weight is 320 g/mol. The van der Waals surface area contributed by atoms with Gasteiger partial charge in [0.25, 0.3) is 0 Å². The van der Waals surface area contributed by atoms with Crippen LogP contribution in [0.1, 0.15) is 11.1 Å². The molecule has 0 saturated heterocycles. The third-order valence-electron chi connectivity index (χ3n) is 3.51. The molecule has 3 heteroatoms. The van der Waals surface area contributed by atoms with E-state index in [1.807, 2.05) is 60.7 Å². The van der Waals surface area contributed by atoms with Gasteiger partial charge < -0.3 is 4.74 Å². The van der Waals surface area contributed by atoms with Crippen molar-refractivity contribution in [3.05, 3.63) is 88.9 Å². The molecule has 0 aliphatic heterocycles. The van der Waals surface area contributed by atoms with E-state index in [0.717, 1.165) is 22.4 Å². The molecule has 0 aromatic heterocycles. The van der Waals surface area contributed by atoms with Gasteiger partial charge in [0.15, 0.2) is 0 Å². The number of rotatable bonds is 4. The van der Waals surface area contributed by atoms with Crippen molar-refractivity contribution in [2.24, 2.45) is 0 Å². The molecule has 112 valence electrons. The minimum absolute atomic E-state index is 0.459. The zero-order valence-electron chi connectivity index (χ0n) is 12.4. The zero-order chi connectivity index (χ0) is 16.1. The van der Waals surface area contributed by atoms with Gasteiger partial charge in [-0.1, -0.05) is 60.1 Å². The van der Waals surface area contributed by atoms with Gasteiger partial charge in [-0.25, -0.2) is 0 Å². The number of hydrogen-bond donors (Lipinski definition) is 0. The number of halogens is 1. The van der Waals surface area contributed by atoms with Gasteiger partial charge in [0.1, 0.15) is 18.4 Å². The third-order valence-corrected chi connectivity index (χ3v) is 3.82. The van der Waals surface area contributed by atoms with Crippen molar-refractivity contribution < 1.29 is 4.74 Å². The lowest BCUT2D eigenvalue weighted by Gasteiger charge is -2.09. The van der Waals surface area contributed by atoms with E-state index in [-0.39, 0.29) is 0 Å². The highest BCUT2D eigenvalue weighted by atomic mass is 35.5.